The minimum absolute atomic E-state index is 0.0417. The van der Waals surface area contributed by atoms with E-state index in [1.165, 1.54) is 41.1 Å². The Morgan fingerprint density at radius 2 is 1.82 bits per heavy atom. The van der Waals surface area contributed by atoms with Crippen molar-refractivity contribution in [3.05, 3.63) is 71.8 Å². The summed E-state index contributed by atoms with van der Waals surface area (Å²) in [6, 6.07) is 11.1. The standard InChI is InChI=1S/C36H41F4N7O4/c1-4-16-50-28-9-7-22(17-25(28)37)23-6-8-24(27(18-23)47-13-10-21(3)45-47)32(36(38,39)40)51-31-19-30(43-34(41)44-31)46-14-11-35(12-15-46)20-26(33(48)49)42-29(35)5-2/h6-10,13,17-19,26,29,32,42H,4-5,11-12,14-16,20H2,1-3H3,(H,48,49)(H2,41,43,44)/t26?,29?,32-/m1/s1. The van der Waals surface area contributed by atoms with Crippen LogP contribution in [0.1, 0.15) is 63.3 Å². The predicted molar refractivity (Wildman–Crippen MR) is 182 cm³/mol. The van der Waals surface area contributed by atoms with E-state index >= 15 is 0 Å². The molecule has 51 heavy (non-hydrogen) atoms. The highest BCUT2D eigenvalue weighted by Gasteiger charge is 2.50. The van der Waals surface area contributed by atoms with Gasteiger partial charge < -0.3 is 30.5 Å². The zero-order valence-electron chi connectivity index (χ0n) is 28.6. The van der Waals surface area contributed by atoms with E-state index in [1.54, 1.807) is 25.3 Å². The maximum Gasteiger partial charge on any atom is 0.429 e. The average Bonchev–Trinajstić information content (AvgIpc) is 3.69. The number of carboxylic acid groups (broad SMARTS) is 1. The third kappa shape index (κ3) is 7.58. The van der Waals surface area contributed by atoms with Gasteiger partial charge in [-0.1, -0.05) is 32.0 Å². The Morgan fingerprint density at radius 3 is 2.45 bits per heavy atom. The van der Waals surface area contributed by atoms with E-state index in [-0.39, 0.29) is 40.3 Å². The van der Waals surface area contributed by atoms with Crippen LogP contribution in [0.2, 0.25) is 0 Å². The molecular formula is C36H41F4N7O4. The van der Waals surface area contributed by atoms with Crippen molar-refractivity contribution in [2.24, 2.45) is 5.41 Å². The number of carboxylic acids is 1. The van der Waals surface area contributed by atoms with Gasteiger partial charge in [0, 0.05) is 37.0 Å². The topological polar surface area (TPSA) is 141 Å². The van der Waals surface area contributed by atoms with Crippen molar-refractivity contribution < 1.29 is 36.9 Å². The number of halogens is 4. The highest BCUT2D eigenvalue weighted by molar-refractivity contribution is 5.74. The Hall–Kier alpha value is -4.92. The van der Waals surface area contributed by atoms with Crippen molar-refractivity contribution in [2.45, 2.75) is 77.2 Å². The number of hydrogen-bond acceptors (Lipinski definition) is 9. The van der Waals surface area contributed by atoms with Gasteiger partial charge in [-0.05, 0) is 79.8 Å². The zero-order valence-corrected chi connectivity index (χ0v) is 28.6. The molecule has 0 bridgehead atoms. The first kappa shape index (κ1) is 35.9. The van der Waals surface area contributed by atoms with Gasteiger partial charge in [-0.2, -0.15) is 28.2 Å². The Morgan fingerprint density at radius 1 is 1.10 bits per heavy atom. The molecule has 15 heteroatoms. The van der Waals surface area contributed by atoms with E-state index in [4.69, 9.17) is 15.2 Å². The van der Waals surface area contributed by atoms with E-state index in [1.807, 2.05) is 18.7 Å². The molecule has 0 saturated carbocycles. The number of benzene rings is 2. The van der Waals surface area contributed by atoms with Crippen LogP contribution in [-0.4, -0.2) is 68.8 Å². The summed E-state index contributed by atoms with van der Waals surface area (Å²) in [6.07, 6.45) is -2.51. The van der Waals surface area contributed by atoms with Crippen molar-refractivity contribution in [2.75, 3.05) is 30.3 Å². The maximum atomic E-state index is 14.9. The summed E-state index contributed by atoms with van der Waals surface area (Å²) < 4.78 is 72.1. The normalized spacial score (nSPS) is 19.3. The summed E-state index contributed by atoms with van der Waals surface area (Å²) in [6.45, 7) is 6.99. The molecule has 0 aliphatic carbocycles. The van der Waals surface area contributed by atoms with Crippen LogP contribution in [0.5, 0.6) is 11.6 Å². The first-order chi connectivity index (χ1) is 24.3. The second-order valence-electron chi connectivity index (χ2n) is 13.2. The van der Waals surface area contributed by atoms with Gasteiger partial charge >= 0.3 is 12.1 Å². The number of nitrogens with one attached hydrogen (secondary N) is 1. The van der Waals surface area contributed by atoms with Crippen molar-refractivity contribution in [1.29, 1.82) is 0 Å². The van der Waals surface area contributed by atoms with Gasteiger partial charge in [-0.3, -0.25) is 4.79 Å². The van der Waals surface area contributed by atoms with Gasteiger partial charge in [-0.15, -0.1) is 0 Å². The maximum absolute atomic E-state index is 14.9. The molecule has 1 spiro atoms. The van der Waals surface area contributed by atoms with Gasteiger partial charge in [0.05, 0.1) is 18.0 Å². The highest BCUT2D eigenvalue weighted by atomic mass is 19.4. The summed E-state index contributed by atoms with van der Waals surface area (Å²) in [7, 11) is 0. The average molecular weight is 712 g/mol. The zero-order chi connectivity index (χ0) is 36.5. The number of carbonyl (C=O) groups is 1. The summed E-state index contributed by atoms with van der Waals surface area (Å²) in [5.74, 6) is -1.68. The second-order valence-corrected chi connectivity index (χ2v) is 13.2. The van der Waals surface area contributed by atoms with Crippen molar-refractivity contribution >= 4 is 17.7 Å². The van der Waals surface area contributed by atoms with E-state index in [9.17, 15) is 27.5 Å². The van der Waals surface area contributed by atoms with E-state index in [0.717, 1.165) is 6.42 Å². The predicted octanol–water partition coefficient (Wildman–Crippen LogP) is 6.64. The van der Waals surface area contributed by atoms with Crippen LogP contribution in [0.15, 0.2) is 54.7 Å². The molecule has 3 atom stereocenters. The van der Waals surface area contributed by atoms with Crippen LogP contribution in [0.25, 0.3) is 16.8 Å². The molecule has 6 rings (SSSR count). The van der Waals surface area contributed by atoms with Gasteiger partial charge in [-0.25, -0.2) is 9.07 Å². The van der Waals surface area contributed by atoms with Crippen LogP contribution < -0.4 is 25.4 Å². The number of aryl methyl sites for hydroxylation is 1. The number of nitrogens with two attached hydrogens (primary N) is 1. The van der Waals surface area contributed by atoms with Gasteiger partial charge in [0.25, 0.3) is 0 Å². The number of hydrogen-bond donors (Lipinski definition) is 3. The van der Waals surface area contributed by atoms with Crippen LogP contribution >= 0.6 is 0 Å². The van der Waals surface area contributed by atoms with Crippen molar-refractivity contribution in [3.8, 4) is 28.4 Å². The number of ether oxygens (including phenoxy) is 2. The molecular weight excluding hydrogens is 670 g/mol. The molecule has 4 N–H and O–H groups in total. The summed E-state index contributed by atoms with van der Waals surface area (Å²) in [4.78, 5) is 22.0. The smallest absolute Gasteiger partial charge is 0.429 e. The molecule has 0 radical (unpaired) electrons. The number of piperidine rings is 1. The lowest BCUT2D eigenvalue weighted by Crippen LogP contribution is -2.46. The van der Waals surface area contributed by atoms with Crippen molar-refractivity contribution in [3.63, 3.8) is 0 Å². The largest absolute Gasteiger partial charge is 0.491 e. The molecule has 4 heterocycles. The quantitative estimate of drug-likeness (QED) is 0.145. The van der Waals surface area contributed by atoms with Crippen molar-refractivity contribution in [1.82, 2.24) is 25.1 Å². The monoisotopic (exact) mass is 711 g/mol. The minimum atomic E-state index is -4.90. The number of rotatable bonds is 11. The summed E-state index contributed by atoms with van der Waals surface area (Å²) in [5.41, 5.74) is 7.11. The Balaban J connectivity index is 1.30. The number of aliphatic carboxylic acids is 1. The van der Waals surface area contributed by atoms with Gasteiger partial charge in [0.1, 0.15) is 11.9 Å². The Bertz CT molecular complexity index is 1880. The van der Waals surface area contributed by atoms with Gasteiger partial charge in [0.15, 0.2) is 11.6 Å². The van der Waals surface area contributed by atoms with Crippen LogP contribution in [-0.2, 0) is 4.79 Å². The molecule has 2 saturated heterocycles. The lowest BCUT2D eigenvalue weighted by molar-refractivity contribution is -0.198. The summed E-state index contributed by atoms with van der Waals surface area (Å²) >= 11 is 0. The fourth-order valence-electron chi connectivity index (χ4n) is 7.25. The lowest BCUT2D eigenvalue weighted by atomic mass is 9.71. The fraction of sp³-hybridized carbons (Fsp3) is 0.444. The fourth-order valence-corrected chi connectivity index (χ4v) is 7.25. The Labute approximate surface area is 292 Å². The van der Waals surface area contributed by atoms with Crippen LogP contribution in [0, 0.1) is 18.2 Å². The molecule has 2 aliphatic heterocycles. The van der Waals surface area contributed by atoms with E-state index in [2.05, 4.69) is 20.4 Å². The molecule has 2 aliphatic rings. The molecule has 272 valence electrons. The third-order valence-corrected chi connectivity index (χ3v) is 9.79. The first-order valence-electron chi connectivity index (χ1n) is 17.0. The summed E-state index contributed by atoms with van der Waals surface area (Å²) in [5, 5.41) is 17.2. The number of nitrogen functional groups attached to an aromatic ring is 1. The molecule has 2 fully saturated rings. The molecule has 11 nitrogen and oxygen atoms in total. The first-order valence-corrected chi connectivity index (χ1v) is 17.0. The molecule has 2 aromatic heterocycles. The van der Waals surface area contributed by atoms with Crippen LogP contribution in [0.4, 0.5) is 29.3 Å². The molecule has 2 unspecified atom stereocenters. The van der Waals surface area contributed by atoms with Crippen LogP contribution in [0.3, 0.4) is 0 Å². The molecule has 2 aromatic carbocycles. The molecule has 0 amide bonds. The minimum Gasteiger partial charge on any atom is -0.491 e. The number of anilines is 2. The number of alkyl halides is 3. The number of aromatic nitrogens is 4. The van der Waals surface area contributed by atoms with E-state index < -0.39 is 30.1 Å². The number of nitrogens with zero attached hydrogens (tertiary/aromatic N) is 5. The molecule has 4 aromatic rings. The Kier molecular flexibility index (Phi) is 10.1. The highest BCUT2D eigenvalue weighted by Crippen LogP contribution is 2.46. The second kappa shape index (κ2) is 14.4. The lowest BCUT2D eigenvalue weighted by Gasteiger charge is -2.43. The van der Waals surface area contributed by atoms with E-state index in [0.29, 0.717) is 68.0 Å². The van der Waals surface area contributed by atoms with Gasteiger partial charge in [0.2, 0.25) is 17.9 Å². The third-order valence-electron chi connectivity index (χ3n) is 9.79. The SMILES string of the molecule is CCCOc1ccc(-c2ccc([C@@H](Oc3cc(N4CCC5(CC4)CC(C(=O)O)NC5CC)nc(N)n3)C(F)(F)F)c(-n3ccc(C)n3)c2)cc1F.